The first-order valence-corrected chi connectivity index (χ1v) is 12.6. The van der Waals surface area contributed by atoms with Gasteiger partial charge in [-0.15, -0.1) is 0 Å². The highest BCUT2D eigenvalue weighted by molar-refractivity contribution is 5.53. The summed E-state index contributed by atoms with van der Waals surface area (Å²) in [4.78, 5) is 2.32. The van der Waals surface area contributed by atoms with Crippen LogP contribution in [0.4, 0.5) is 22.0 Å². The van der Waals surface area contributed by atoms with Crippen LogP contribution in [0.3, 0.4) is 0 Å². The molecule has 1 saturated heterocycles. The average molecular weight is 534 g/mol. The van der Waals surface area contributed by atoms with Crippen molar-refractivity contribution < 1.29 is 36.5 Å². The molecule has 0 bridgehead atoms. The first kappa shape index (κ1) is 26.3. The summed E-state index contributed by atoms with van der Waals surface area (Å²) in [5.41, 5.74) is -1.36. The van der Waals surface area contributed by atoms with Crippen LogP contribution in [0.25, 0.3) is 0 Å². The lowest BCUT2D eigenvalue weighted by molar-refractivity contribution is 0.0491. The summed E-state index contributed by atoms with van der Waals surface area (Å²) < 4.78 is 84.7. The Balaban J connectivity index is 1.57. The monoisotopic (exact) mass is 533 g/mol. The smallest absolute Gasteiger partial charge is 0.200 e. The molecule has 4 nitrogen and oxygen atoms in total. The van der Waals surface area contributed by atoms with Gasteiger partial charge in [0.05, 0.1) is 0 Å². The van der Waals surface area contributed by atoms with Gasteiger partial charge in [-0.05, 0) is 63.5 Å². The second kappa shape index (κ2) is 10.1. The SMILES string of the molecule is CC1(C)Oc2cc(O)ccc2[C@@H](c2ccc(OCCN3CCCC3)cc2)[C@@H]1c1c(F)c(F)c(F)c(F)c1F. The molecular weight excluding hydrogens is 505 g/mol. The zero-order valence-electron chi connectivity index (χ0n) is 21.0. The Kier molecular flexibility index (Phi) is 6.98. The van der Waals surface area contributed by atoms with Crippen LogP contribution in [0.15, 0.2) is 42.5 Å². The molecule has 9 heteroatoms. The van der Waals surface area contributed by atoms with E-state index in [4.69, 9.17) is 9.47 Å². The molecule has 2 atom stereocenters. The van der Waals surface area contributed by atoms with Crippen molar-refractivity contribution in [3.63, 3.8) is 0 Å². The molecule has 2 aliphatic rings. The summed E-state index contributed by atoms with van der Waals surface area (Å²) in [6, 6.07) is 11.2. The molecule has 0 spiro atoms. The molecule has 0 saturated carbocycles. The van der Waals surface area contributed by atoms with Gasteiger partial charge in [-0.2, -0.15) is 0 Å². The number of benzene rings is 3. The van der Waals surface area contributed by atoms with E-state index in [0.29, 0.717) is 23.5 Å². The van der Waals surface area contributed by atoms with Crippen molar-refractivity contribution in [3.8, 4) is 17.2 Å². The lowest BCUT2D eigenvalue weighted by atomic mass is 9.67. The molecule has 2 heterocycles. The number of rotatable bonds is 6. The number of hydrogen-bond donors (Lipinski definition) is 1. The highest BCUT2D eigenvalue weighted by atomic mass is 19.2. The predicted molar refractivity (Wildman–Crippen MR) is 131 cm³/mol. The predicted octanol–water partition coefficient (Wildman–Crippen LogP) is 6.65. The minimum Gasteiger partial charge on any atom is -0.508 e. The van der Waals surface area contributed by atoms with Crippen LogP contribution in [0.2, 0.25) is 0 Å². The van der Waals surface area contributed by atoms with Crippen LogP contribution in [0.5, 0.6) is 17.2 Å². The molecule has 5 rings (SSSR count). The molecule has 2 aliphatic heterocycles. The molecule has 0 radical (unpaired) electrons. The summed E-state index contributed by atoms with van der Waals surface area (Å²) in [5.74, 6) is -11.4. The lowest BCUT2D eigenvalue weighted by Crippen LogP contribution is -2.44. The van der Waals surface area contributed by atoms with Gasteiger partial charge in [0, 0.05) is 35.6 Å². The Morgan fingerprint density at radius 1 is 0.895 bits per heavy atom. The van der Waals surface area contributed by atoms with Gasteiger partial charge in [0.25, 0.3) is 0 Å². The molecule has 3 aromatic carbocycles. The molecule has 1 fully saturated rings. The Morgan fingerprint density at radius 2 is 1.50 bits per heavy atom. The summed E-state index contributed by atoms with van der Waals surface area (Å²) in [6.07, 6.45) is 2.36. The summed E-state index contributed by atoms with van der Waals surface area (Å²) in [5, 5.41) is 10.0. The molecule has 3 aromatic rings. The summed E-state index contributed by atoms with van der Waals surface area (Å²) >= 11 is 0. The first-order valence-electron chi connectivity index (χ1n) is 12.6. The zero-order valence-corrected chi connectivity index (χ0v) is 21.0. The lowest BCUT2D eigenvalue weighted by Gasteiger charge is -2.45. The number of ether oxygens (including phenoxy) is 2. The van der Waals surface area contributed by atoms with Crippen molar-refractivity contribution >= 4 is 0 Å². The molecular formula is C29H28F5NO3. The molecule has 0 unspecified atom stereocenters. The number of likely N-dealkylation sites (tertiary alicyclic amines) is 1. The zero-order chi connectivity index (χ0) is 27.2. The molecule has 0 aromatic heterocycles. The van der Waals surface area contributed by atoms with E-state index in [2.05, 4.69) is 4.90 Å². The van der Waals surface area contributed by atoms with Crippen LogP contribution in [0.1, 0.15) is 55.2 Å². The molecule has 38 heavy (non-hydrogen) atoms. The van der Waals surface area contributed by atoms with E-state index >= 15 is 8.78 Å². The van der Waals surface area contributed by atoms with E-state index in [9.17, 15) is 18.3 Å². The average Bonchev–Trinajstić information content (AvgIpc) is 3.40. The standard InChI is InChI=1S/C29H28F5NO3/c1-29(2)23(22-24(30)26(32)28(34)27(33)25(22)31)21(19-10-7-17(36)15-20(19)38-29)16-5-8-18(9-6-16)37-14-13-35-11-3-4-12-35/h5-10,15,21,23,36H,3-4,11-14H2,1-2H3/t21-,23-/m1/s1. The maximum absolute atomic E-state index is 15.2. The Morgan fingerprint density at radius 3 is 2.13 bits per heavy atom. The number of fused-ring (bicyclic) bond motifs is 1. The van der Waals surface area contributed by atoms with Gasteiger partial charge in [0.2, 0.25) is 5.82 Å². The van der Waals surface area contributed by atoms with Gasteiger partial charge in [0.15, 0.2) is 23.3 Å². The minimum atomic E-state index is -2.21. The van der Waals surface area contributed by atoms with E-state index in [1.165, 1.54) is 44.9 Å². The van der Waals surface area contributed by atoms with Crippen LogP contribution in [-0.2, 0) is 0 Å². The van der Waals surface area contributed by atoms with Crippen molar-refractivity contribution in [1.82, 2.24) is 4.90 Å². The topological polar surface area (TPSA) is 41.9 Å². The highest BCUT2D eigenvalue weighted by Crippen LogP contribution is 2.55. The highest BCUT2D eigenvalue weighted by Gasteiger charge is 2.49. The second-order valence-corrected chi connectivity index (χ2v) is 10.3. The summed E-state index contributed by atoms with van der Waals surface area (Å²) in [7, 11) is 0. The van der Waals surface area contributed by atoms with E-state index in [1.54, 1.807) is 24.3 Å². The number of halogens is 5. The van der Waals surface area contributed by atoms with Crippen molar-refractivity contribution in [2.24, 2.45) is 0 Å². The van der Waals surface area contributed by atoms with Crippen LogP contribution in [0, 0.1) is 29.1 Å². The van der Waals surface area contributed by atoms with Crippen LogP contribution in [-0.4, -0.2) is 41.8 Å². The van der Waals surface area contributed by atoms with Gasteiger partial charge in [-0.25, -0.2) is 22.0 Å². The normalized spacial score (nSPS) is 20.7. The van der Waals surface area contributed by atoms with Gasteiger partial charge < -0.3 is 14.6 Å². The number of phenols is 1. The Bertz CT molecular complexity index is 1310. The number of phenolic OH excluding ortho intramolecular Hbond substituents is 1. The fraction of sp³-hybridized carbons (Fsp3) is 0.379. The van der Waals surface area contributed by atoms with Gasteiger partial charge >= 0.3 is 0 Å². The van der Waals surface area contributed by atoms with Crippen molar-refractivity contribution in [3.05, 3.63) is 88.2 Å². The van der Waals surface area contributed by atoms with E-state index in [-0.39, 0.29) is 11.5 Å². The fourth-order valence-corrected chi connectivity index (χ4v) is 5.65. The molecule has 0 aliphatic carbocycles. The fourth-order valence-electron chi connectivity index (χ4n) is 5.65. The van der Waals surface area contributed by atoms with Gasteiger partial charge in [-0.1, -0.05) is 18.2 Å². The van der Waals surface area contributed by atoms with E-state index < -0.39 is 52.1 Å². The van der Waals surface area contributed by atoms with Gasteiger partial charge in [0.1, 0.15) is 29.5 Å². The maximum Gasteiger partial charge on any atom is 0.200 e. The van der Waals surface area contributed by atoms with E-state index in [0.717, 1.165) is 19.6 Å². The van der Waals surface area contributed by atoms with E-state index in [1.807, 2.05) is 0 Å². The Hall–Kier alpha value is -3.33. The quantitative estimate of drug-likeness (QED) is 0.219. The third-order valence-electron chi connectivity index (χ3n) is 7.46. The number of aromatic hydroxyl groups is 1. The van der Waals surface area contributed by atoms with Crippen LogP contribution >= 0.6 is 0 Å². The van der Waals surface area contributed by atoms with Crippen molar-refractivity contribution in [2.75, 3.05) is 26.2 Å². The van der Waals surface area contributed by atoms with Crippen molar-refractivity contribution in [2.45, 2.75) is 44.1 Å². The Labute approximate surface area is 217 Å². The third kappa shape index (κ3) is 4.68. The minimum absolute atomic E-state index is 0.0882. The van der Waals surface area contributed by atoms with Crippen molar-refractivity contribution in [1.29, 1.82) is 0 Å². The largest absolute Gasteiger partial charge is 0.508 e. The maximum atomic E-state index is 15.2. The summed E-state index contributed by atoms with van der Waals surface area (Å²) in [6.45, 7) is 6.44. The third-order valence-corrected chi connectivity index (χ3v) is 7.46. The second-order valence-electron chi connectivity index (χ2n) is 10.3. The molecule has 202 valence electrons. The number of hydrogen-bond acceptors (Lipinski definition) is 4. The first-order chi connectivity index (χ1) is 18.1. The van der Waals surface area contributed by atoms with Gasteiger partial charge in [-0.3, -0.25) is 4.90 Å². The molecule has 0 amide bonds. The number of nitrogens with zero attached hydrogens (tertiary/aromatic N) is 1. The molecule has 1 N–H and O–H groups in total. The van der Waals surface area contributed by atoms with Crippen LogP contribution < -0.4 is 9.47 Å².